The third kappa shape index (κ3) is 2.96. The van der Waals surface area contributed by atoms with E-state index in [4.69, 9.17) is 9.47 Å². The van der Waals surface area contributed by atoms with Gasteiger partial charge in [0, 0.05) is 13.1 Å². The Morgan fingerprint density at radius 2 is 1.92 bits per heavy atom. The Morgan fingerprint density at radius 1 is 1.23 bits per heavy atom. The quantitative estimate of drug-likeness (QED) is 0.731. The fourth-order valence-corrected chi connectivity index (χ4v) is 3.41. The molecule has 0 unspecified atom stereocenters. The maximum atomic E-state index is 12.5. The van der Waals surface area contributed by atoms with Gasteiger partial charge < -0.3 is 19.9 Å². The Labute approximate surface area is 150 Å². The zero-order chi connectivity index (χ0) is 18.8. The number of H-pyrrole nitrogens is 1. The van der Waals surface area contributed by atoms with E-state index in [2.05, 4.69) is 10.3 Å². The minimum absolute atomic E-state index is 0.131. The molecular formula is C18H23N3O5. The van der Waals surface area contributed by atoms with Crippen LogP contribution in [0.4, 0.5) is 0 Å². The minimum Gasteiger partial charge on any atom is -0.494 e. The first-order chi connectivity index (χ1) is 12.5. The van der Waals surface area contributed by atoms with Crippen molar-refractivity contribution in [3.05, 3.63) is 49.7 Å². The van der Waals surface area contributed by atoms with Crippen molar-refractivity contribution in [3.63, 3.8) is 0 Å². The summed E-state index contributed by atoms with van der Waals surface area (Å²) in [7, 11) is 3.11. The first-order valence-corrected chi connectivity index (χ1v) is 8.55. The second-order valence-electron chi connectivity index (χ2n) is 6.19. The summed E-state index contributed by atoms with van der Waals surface area (Å²) >= 11 is 0. The molecule has 1 aliphatic rings. The van der Waals surface area contributed by atoms with E-state index < -0.39 is 17.3 Å². The Balaban J connectivity index is 2.21. The monoisotopic (exact) mass is 361 g/mol. The average molecular weight is 361 g/mol. The zero-order valence-electron chi connectivity index (χ0n) is 15.1. The van der Waals surface area contributed by atoms with Gasteiger partial charge >= 0.3 is 5.69 Å². The smallest absolute Gasteiger partial charge is 0.331 e. The molecule has 2 aromatic rings. The summed E-state index contributed by atoms with van der Waals surface area (Å²) in [6, 6.07) is 3.14. The molecule has 0 saturated carbocycles. The number of nitrogens with zero attached hydrogens (tertiary/aromatic N) is 1. The van der Waals surface area contributed by atoms with E-state index in [1.807, 2.05) is 13.0 Å². The molecule has 0 radical (unpaired) electrons. The lowest BCUT2D eigenvalue weighted by molar-refractivity contribution is 0.352. The molecule has 8 nitrogen and oxygen atoms in total. The highest BCUT2D eigenvalue weighted by Gasteiger charge is 2.29. The number of hydrogen-bond donors (Lipinski definition) is 3. The van der Waals surface area contributed by atoms with Gasteiger partial charge in [-0.1, -0.05) is 6.92 Å². The lowest BCUT2D eigenvalue weighted by atomic mass is 9.90. The Kier molecular flexibility index (Phi) is 5.03. The molecule has 0 amide bonds. The number of benzene rings is 1. The number of aromatic hydroxyl groups is 1. The van der Waals surface area contributed by atoms with Crippen LogP contribution >= 0.6 is 0 Å². The molecule has 0 spiro atoms. The molecule has 1 aliphatic heterocycles. The largest absolute Gasteiger partial charge is 0.494 e. The summed E-state index contributed by atoms with van der Waals surface area (Å²) in [4.78, 5) is 26.8. The van der Waals surface area contributed by atoms with Crippen molar-refractivity contribution in [3.8, 4) is 17.4 Å². The third-order valence-electron chi connectivity index (χ3n) is 4.64. The lowest BCUT2D eigenvalue weighted by Crippen LogP contribution is -2.39. The molecule has 1 aromatic heterocycles. The molecule has 8 heteroatoms. The summed E-state index contributed by atoms with van der Waals surface area (Å²) < 4.78 is 11.9. The first kappa shape index (κ1) is 18.1. The standard InChI is InChI=1S/C18H23N3O5/c1-4-7-21-17(23)14(16(22)20-18(21)24)15-11-9-13(26-3)12(25-2)8-10(11)5-6-19-15/h8-9,15,19,23H,4-7H2,1-3H3,(H,20,22,24)/t15-/m1/s1. The molecule has 0 fully saturated rings. The van der Waals surface area contributed by atoms with Crippen LogP contribution in [0.15, 0.2) is 21.7 Å². The molecule has 1 aromatic carbocycles. The fourth-order valence-electron chi connectivity index (χ4n) is 3.41. The number of aromatic amines is 1. The van der Waals surface area contributed by atoms with Gasteiger partial charge in [0.1, 0.15) is 0 Å². The number of rotatable bonds is 5. The van der Waals surface area contributed by atoms with E-state index in [0.29, 0.717) is 31.0 Å². The van der Waals surface area contributed by atoms with Crippen LogP contribution in [0.1, 0.15) is 36.1 Å². The number of hydrogen-bond acceptors (Lipinski definition) is 6. The topological polar surface area (TPSA) is 106 Å². The SMILES string of the molecule is CCCn1c(O)c([C@@H]2NCCc3cc(OC)c(OC)cc32)c(=O)[nH]c1=O. The lowest BCUT2D eigenvalue weighted by Gasteiger charge is -2.28. The molecule has 3 rings (SSSR count). The van der Waals surface area contributed by atoms with Gasteiger partial charge in [-0.15, -0.1) is 0 Å². The van der Waals surface area contributed by atoms with Crippen molar-refractivity contribution >= 4 is 0 Å². The number of nitrogens with one attached hydrogen (secondary N) is 2. The van der Waals surface area contributed by atoms with Gasteiger partial charge in [-0.05, 0) is 36.1 Å². The highest BCUT2D eigenvalue weighted by atomic mass is 16.5. The summed E-state index contributed by atoms with van der Waals surface area (Å²) in [5.74, 6) is 0.847. The highest BCUT2D eigenvalue weighted by Crippen LogP contribution is 2.38. The molecule has 26 heavy (non-hydrogen) atoms. The van der Waals surface area contributed by atoms with Crippen LogP contribution in [0.5, 0.6) is 17.4 Å². The Bertz CT molecular complexity index is 932. The molecular weight excluding hydrogens is 338 g/mol. The molecule has 3 N–H and O–H groups in total. The van der Waals surface area contributed by atoms with E-state index in [0.717, 1.165) is 17.5 Å². The molecule has 140 valence electrons. The fraction of sp³-hybridized carbons (Fsp3) is 0.444. The average Bonchev–Trinajstić information content (AvgIpc) is 2.64. The maximum Gasteiger partial charge on any atom is 0.331 e. The van der Waals surface area contributed by atoms with Gasteiger partial charge in [0.15, 0.2) is 11.5 Å². The van der Waals surface area contributed by atoms with Crippen LogP contribution < -0.4 is 26.0 Å². The van der Waals surface area contributed by atoms with Gasteiger partial charge in [-0.2, -0.15) is 0 Å². The van der Waals surface area contributed by atoms with Gasteiger partial charge in [-0.3, -0.25) is 14.3 Å². The van der Waals surface area contributed by atoms with Crippen molar-refractivity contribution in [2.24, 2.45) is 0 Å². The third-order valence-corrected chi connectivity index (χ3v) is 4.64. The second-order valence-corrected chi connectivity index (χ2v) is 6.19. The van der Waals surface area contributed by atoms with Crippen molar-refractivity contribution < 1.29 is 14.6 Å². The predicted molar refractivity (Wildman–Crippen MR) is 96.4 cm³/mol. The van der Waals surface area contributed by atoms with Crippen LogP contribution in [-0.4, -0.2) is 35.4 Å². The second kappa shape index (κ2) is 7.25. The Hall–Kier alpha value is -2.74. The summed E-state index contributed by atoms with van der Waals surface area (Å²) in [6.45, 7) is 2.83. The molecule has 1 atom stereocenters. The van der Waals surface area contributed by atoms with Crippen LogP contribution in [0.2, 0.25) is 0 Å². The number of ether oxygens (including phenoxy) is 2. The zero-order valence-corrected chi connectivity index (χ0v) is 15.1. The van der Waals surface area contributed by atoms with Crippen molar-refractivity contribution in [1.82, 2.24) is 14.9 Å². The van der Waals surface area contributed by atoms with Gasteiger partial charge in [-0.25, -0.2) is 4.79 Å². The predicted octanol–water partition coefficient (Wildman–Crippen LogP) is 0.904. The number of fused-ring (bicyclic) bond motifs is 1. The van der Waals surface area contributed by atoms with Gasteiger partial charge in [0.2, 0.25) is 5.88 Å². The summed E-state index contributed by atoms with van der Waals surface area (Å²) in [5.41, 5.74) is 0.738. The van der Waals surface area contributed by atoms with Crippen LogP contribution in [0.3, 0.4) is 0 Å². The normalized spacial score (nSPS) is 16.2. The maximum absolute atomic E-state index is 12.5. The first-order valence-electron chi connectivity index (χ1n) is 8.55. The van der Waals surface area contributed by atoms with Crippen molar-refractivity contribution in [2.75, 3.05) is 20.8 Å². The van der Waals surface area contributed by atoms with Gasteiger partial charge in [0.05, 0.1) is 25.8 Å². The van der Waals surface area contributed by atoms with Crippen molar-refractivity contribution in [2.45, 2.75) is 32.4 Å². The van der Waals surface area contributed by atoms with E-state index in [9.17, 15) is 14.7 Å². The van der Waals surface area contributed by atoms with Crippen LogP contribution in [0.25, 0.3) is 0 Å². The van der Waals surface area contributed by atoms with E-state index in [-0.39, 0.29) is 11.4 Å². The Morgan fingerprint density at radius 3 is 2.58 bits per heavy atom. The van der Waals surface area contributed by atoms with Gasteiger partial charge in [0.25, 0.3) is 5.56 Å². The van der Waals surface area contributed by atoms with E-state index >= 15 is 0 Å². The highest BCUT2D eigenvalue weighted by molar-refractivity contribution is 5.52. The molecule has 0 saturated heterocycles. The van der Waals surface area contributed by atoms with Crippen LogP contribution in [0, 0.1) is 0 Å². The van der Waals surface area contributed by atoms with E-state index in [1.165, 1.54) is 4.57 Å². The molecule has 0 bridgehead atoms. The summed E-state index contributed by atoms with van der Waals surface area (Å²) in [6.07, 6.45) is 1.40. The summed E-state index contributed by atoms with van der Waals surface area (Å²) in [5, 5.41) is 13.9. The molecule has 0 aliphatic carbocycles. The van der Waals surface area contributed by atoms with E-state index in [1.54, 1.807) is 20.3 Å². The van der Waals surface area contributed by atoms with Crippen LogP contribution in [-0.2, 0) is 13.0 Å². The molecule has 2 heterocycles. The minimum atomic E-state index is -0.610. The number of methoxy groups -OCH3 is 2. The van der Waals surface area contributed by atoms with Crippen molar-refractivity contribution in [1.29, 1.82) is 0 Å². The number of aromatic nitrogens is 2.